The van der Waals surface area contributed by atoms with Crippen LogP contribution in [0.4, 0.5) is 5.82 Å². The first-order chi connectivity index (χ1) is 12.7. The van der Waals surface area contributed by atoms with Crippen LogP contribution < -0.4 is 14.8 Å². The van der Waals surface area contributed by atoms with Gasteiger partial charge < -0.3 is 14.8 Å². The summed E-state index contributed by atoms with van der Waals surface area (Å²) in [5.74, 6) is 1.97. The number of ether oxygens (including phenoxy) is 2. The van der Waals surface area contributed by atoms with E-state index < -0.39 is 0 Å². The van der Waals surface area contributed by atoms with E-state index in [1.807, 2.05) is 42.5 Å². The summed E-state index contributed by atoms with van der Waals surface area (Å²) in [4.78, 5) is 4.25. The number of aryl methyl sites for hydroxylation is 1. The second-order valence-electron chi connectivity index (χ2n) is 5.96. The highest BCUT2D eigenvalue weighted by Gasteiger charge is 2.12. The Bertz CT molecular complexity index is 869. The first kappa shape index (κ1) is 18.1. The van der Waals surface area contributed by atoms with Crippen LogP contribution in [-0.4, -0.2) is 12.1 Å². The second kappa shape index (κ2) is 8.59. The molecule has 4 nitrogen and oxygen atoms in total. The van der Waals surface area contributed by atoms with Crippen molar-refractivity contribution < 1.29 is 9.47 Å². The van der Waals surface area contributed by atoms with Crippen LogP contribution in [0.1, 0.15) is 16.7 Å². The summed E-state index contributed by atoms with van der Waals surface area (Å²) in [5.41, 5.74) is 3.27. The highest BCUT2D eigenvalue weighted by Crippen LogP contribution is 2.37. The number of hydrogen-bond acceptors (Lipinski definition) is 4. The molecule has 1 N–H and O–H groups in total. The fraction of sp³-hybridized carbons (Fsp3) is 0.190. The molecule has 26 heavy (non-hydrogen) atoms. The molecule has 0 radical (unpaired) electrons. The number of nitrogens with zero attached hydrogens (tertiary/aromatic N) is 1. The topological polar surface area (TPSA) is 43.4 Å². The lowest BCUT2D eigenvalue weighted by atomic mass is 10.1. The average Bonchev–Trinajstić information content (AvgIpc) is 2.66. The molecule has 0 saturated heterocycles. The van der Waals surface area contributed by atoms with E-state index in [0.717, 1.165) is 16.9 Å². The van der Waals surface area contributed by atoms with Crippen LogP contribution in [0, 0.1) is 6.92 Å². The van der Waals surface area contributed by atoms with Gasteiger partial charge in [-0.15, -0.1) is 0 Å². The first-order valence-electron chi connectivity index (χ1n) is 8.35. The molecular formula is C21H21ClN2O2. The molecule has 0 fully saturated rings. The van der Waals surface area contributed by atoms with Gasteiger partial charge in [-0.1, -0.05) is 47.5 Å². The largest absolute Gasteiger partial charge is 0.493 e. The lowest BCUT2D eigenvalue weighted by molar-refractivity contribution is 0.284. The minimum absolute atomic E-state index is 0.434. The van der Waals surface area contributed by atoms with Crippen LogP contribution in [0.25, 0.3) is 0 Å². The quantitative estimate of drug-likeness (QED) is 0.619. The van der Waals surface area contributed by atoms with Crippen molar-refractivity contribution in [1.82, 2.24) is 4.98 Å². The Balaban J connectivity index is 1.72. The van der Waals surface area contributed by atoms with Crippen molar-refractivity contribution >= 4 is 17.4 Å². The molecule has 0 aliphatic rings. The summed E-state index contributed by atoms with van der Waals surface area (Å²) in [7, 11) is 1.61. The molecule has 0 aliphatic carbocycles. The van der Waals surface area contributed by atoms with Gasteiger partial charge in [0.25, 0.3) is 0 Å². The lowest BCUT2D eigenvalue weighted by Crippen LogP contribution is -2.03. The maximum atomic E-state index is 6.44. The zero-order valence-corrected chi connectivity index (χ0v) is 15.6. The molecule has 0 spiro atoms. The molecule has 134 valence electrons. The summed E-state index contributed by atoms with van der Waals surface area (Å²) in [5, 5.41) is 3.78. The number of aromatic nitrogens is 1. The predicted molar refractivity (Wildman–Crippen MR) is 105 cm³/mol. The zero-order valence-electron chi connectivity index (χ0n) is 14.8. The van der Waals surface area contributed by atoms with E-state index in [0.29, 0.717) is 29.7 Å². The molecule has 2 aromatic carbocycles. The molecule has 1 heterocycles. The minimum atomic E-state index is 0.434. The molecule has 0 bridgehead atoms. The van der Waals surface area contributed by atoms with Crippen LogP contribution in [0.3, 0.4) is 0 Å². The van der Waals surface area contributed by atoms with Gasteiger partial charge in [0.2, 0.25) is 0 Å². The van der Waals surface area contributed by atoms with Gasteiger partial charge in [-0.05, 0) is 42.3 Å². The fourth-order valence-electron chi connectivity index (χ4n) is 2.63. The van der Waals surface area contributed by atoms with Crippen molar-refractivity contribution in [1.29, 1.82) is 0 Å². The summed E-state index contributed by atoms with van der Waals surface area (Å²) in [6.45, 7) is 3.08. The number of methoxy groups -OCH3 is 1. The fourth-order valence-corrected chi connectivity index (χ4v) is 2.92. The third-order valence-corrected chi connectivity index (χ3v) is 4.17. The summed E-state index contributed by atoms with van der Waals surface area (Å²) in [6.07, 6.45) is 1.75. The van der Waals surface area contributed by atoms with E-state index in [2.05, 4.69) is 29.4 Å². The third-order valence-electron chi connectivity index (χ3n) is 3.89. The number of rotatable bonds is 7. The molecule has 0 unspecified atom stereocenters. The highest BCUT2D eigenvalue weighted by atomic mass is 35.5. The standard InChI is InChI=1S/C21H21ClN2O2/c1-15-6-5-7-16(10-15)14-26-21-18(22)11-17(12-19(21)25-2)13-24-20-8-3-4-9-23-20/h3-12H,13-14H2,1-2H3,(H,23,24). The van der Waals surface area contributed by atoms with Gasteiger partial charge >= 0.3 is 0 Å². The van der Waals surface area contributed by atoms with Crippen LogP contribution >= 0.6 is 11.6 Å². The number of hydrogen-bond donors (Lipinski definition) is 1. The van der Waals surface area contributed by atoms with Crippen LogP contribution in [-0.2, 0) is 13.2 Å². The van der Waals surface area contributed by atoms with Crippen molar-refractivity contribution in [3.8, 4) is 11.5 Å². The maximum Gasteiger partial charge on any atom is 0.180 e. The lowest BCUT2D eigenvalue weighted by Gasteiger charge is -2.15. The molecule has 5 heteroatoms. The Morgan fingerprint density at radius 1 is 1.04 bits per heavy atom. The Morgan fingerprint density at radius 3 is 2.65 bits per heavy atom. The van der Waals surface area contributed by atoms with Crippen LogP contribution in [0.5, 0.6) is 11.5 Å². The van der Waals surface area contributed by atoms with E-state index in [1.54, 1.807) is 13.3 Å². The van der Waals surface area contributed by atoms with Gasteiger partial charge in [0.1, 0.15) is 12.4 Å². The molecule has 0 aliphatic heterocycles. The summed E-state index contributed by atoms with van der Waals surface area (Å²) >= 11 is 6.44. The Kier molecular flexibility index (Phi) is 5.97. The van der Waals surface area contributed by atoms with Crippen LogP contribution in [0.2, 0.25) is 5.02 Å². The van der Waals surface area contributed by atoms with Crippen molar-refractivity contribution in [2.45, 2.75) is 20.1 Å². The molecule has 0 atom stereocenters. The van der Waals surface area contributed by atoms with Crippen molar-refractivity contribution in [2.24, 2.45) is 0 Å². The van der Waals surface area contributed by atoms with Crippen LogP contribution in [0.15, 0.2) is 60.8 Å². The molecular weight excluding hydrogens is 348 g/mol. The van der Waals surface area contributed by atoms with Crippen molar-refractivity contribution in [2.75, 3.05) is 12.4 Å². The van der Waals surface area contributed by atoms with Gasteiger partial charge in [0.05, 0.1) is 12.1 Å². The van der Waals surface area contributed by atoms with E-state index in [4.69, 9.17) is 21.1 Å². The molecule has 0 saturated carbocycles. The van der Waals surface area contributed by atoms with Gasteiger partial charge in [-0.2, -0.15) is 0 Å². The predicted octanol–water partition coefficient (Wildman–Crippen LogP) is 5.24. The number of pyridine rings is 1. The Morgan fingerprint density at radius 2 is 1.92 bits per heavy atom. The molecule has 1 aromatic heterocycles. The van der Waals surface area contributed by atoms with E-state index >= 15 is 0 Å². The number of anilines is 1. The second-order valence-corrected chi connectivity index (χ2v) is 6.36. The summed E-state index contributed by atoms with van der Waals surface area (Å²) < 4.78 is 11.4. The highest BCUT2D eigenvalue weighted by molar-refractivity contribution is 6.32. The van der Waals surface area contributed by atoms with E-state index in [-0.39, 0.29) is 0 Å². The SMILES string of the molecule is COc1cc(CNc2ccccn2)cc(Cl)c1OCc1cccc(C)c1. The van der Waals surface area contributed by atoms with E-state index in [9.17, 15) is 0 Å². The smallest absolute Gasteiger partial charge is 0.180 e. The number of nitrogens with one attached hydrogen (secondary N) is 1. The monoisotopic (exact) mass is 368 g/mol. The van der Waals surface area contributed by atoms with E-state index in [1.165, 1.54) is 5.56 Å². The normalized spacial score (nSPS) is 10.4. The molecule has 3 aromatic rings. The maximum absolute atomic E-state index is 6.44. The minimum Gasteiger partial charge on any atom is -0.493 e. The number of benzene rings is 2. The Labute approximate surface area is 158 Å². The van der Waals surface area contributed by atoms with Gasteiger partial charge in [0.15, 0.2) is 11.5 Å². The Hall–Kier alpha value is -2.72. The average molecular weight is 369 g/mol. The third kappa shape index (κ3) is 4.67. The van der Waals surface area contributed by atoms with Gasteiger partial charge in [-0.3, -0.25) is 0 Å². The zero-order chi connectivity index (χ0) is 18.4. The molecule has 0 amide bonds. The molecule has 3 rings (SSSR count). The van der Waals surface area contributed by atoms with Crippen molar-refractivity contribution in [3.05, 3.63) is 82.5 Å². The van der Waals surface area contributed by atoms with Gasteiger partial charge in [0, 0.05) is 12.7 Å². The number of halogens is 1. The first-order valence-corrected chi connectivity index (χ1v) is 8.73. The summed E-state index contributed by atoms with van der Waals surface area (Å²) in [6, 6.07) is 17.7. The van der Waals surface area contributed by atoms with Crippen molar-refractivity contribution in [3.63, 3.8) is 0 Å². The van der Waals surface area contributed by atoms with Gasteiger partial charge in [-0.25, -0.2) is 4.98 Å².